The normalized spacial score (nSPS) is 11.6. The number of hydrogen-bond acceptors (Lipinski definition) is 3. The minimum Gasteiger partial charge on any atom is -0.456 e. The number of anilines is 3. The molecule has 11 aromatic rings. The van der Waals surface area contributed by atoms with Crippen LogP contribution in [0.2, 0.25) is 0 Å². The van der Waals surface area contributed by atoms with Gasteiger partial charge in [0, 0.05) is 47.9 Å². The van der Waals surface area contributed by atoms with E-state index < -0.39 is 0 Å². The average molecular weight is 720 g/mol. The minimum atomic E-state index is 0.886. The van der Waals surface area contributed by atoms with Crippen molar-refractivity contribution < 1.29 is 4.42 Å². The third-order valence-electron chi connectivity index (χ3n) is 10.9. The van der Waals surface area contributed by atoms with Crippen LogP contribution in [0.25, 0.3) is 86.3 Å². The first-order valence-electron chi connectivity index (χ1n) is 18.7. The molecule has 11 rings (SSSR count). The maximum absolute atomic E-state index is 6.39. The summed E-state index contributed by atoms with van der Waals surface area (Å²) in [6, 6.07) is 72.3. The zero-order chi connectivity index (χ0) is 36.3. The highest BCUT2D eigenvalue weighted by molar-refractivity contribution is 7.26. The first-order chi connectivity index (χ1) is 27.3. The summed E-state index contributed by atoms with van der Waals surface area (Å²) in [6.07, 6.45) is 0. The molecule has 0 aliphatic heterocycles. The number of fused-ring (bicyclic) bond motifs is 7. The Morgan fingerprint density at radius 2 is 0.945 bits per heavy atom. The second kappa shape index (κ2) is 12.9. The van der Waals surface area contributed by atoms with Crippen LogP contribution in [-0.4, -0.2) is 0 Å². The quantitative estimate of drug-likeness (QED) is 0.170. The molecule has 0 fully saturated rings. The average Bonchev–Trinajstić information content (AvgIpc) is 3.82. The first kappa shape index (κ1) is 31.6. The molecule has 9 aromatic carbocycles. The number of hydrogen-bond donors (Lipinski definition) is 0. The van der Waals surface area contributed by atoms with E-state index in [1.54, 1.807) is 0 Å². The molecule has 2 nitrogen and oxygen atoms in total. The lowest BCUT2D eigenvalue weighted by Gasteiger charge is -2.29. The maximum Gasteiger partial charge on any atom is 0.136 e. The van der Waals surface area contributed by atoms with E-state index >= 15 is 0 Å². The Morgan fingerprint density at radius 3 is 1.82 bits per heavy atom. The molecule has 0 atom stereocenters. The predicted octanol–water partition coefficient (Wildman–Crippen LogP) is 15.6. The second-order valence-corrected chi connectivity index (χ2v) is 15.1. The summed E-state index contributed by atoms with van der Waals surface area (Å²) in [5.74, 6) is 0. The summed E-state index contributed by atoms with van der Waals surface area (Å²) in [6.45, 7) is 0. The van der Waals surface area contributed by atoms with Crippen molar-refractivity contribution in [3.63, 3.8) is 0 Å². The Labute approximate surface area is 322 Å². The highest BCUT2D eigenvalue weighted by Gasteiger charge is 2.20. The summed E-state index contributed by atoms with van der Waals surface area (Å²) >= 11 is 1.87. The molecule has 3 heteroatoms. The highest BCUT2D eigenvalue weighted by Crippen LogP contribution is 2.46. The van der Waals surface area contributed by atoms with E-state index in [2.05, 4.69) is 193 Å². The summed E-state index contributed by atoms with van der Waals surface area (Å²) in [5, 5.41) is 7.34. The fourth-order valence-corrected chi connectivity index (χ4v) is 9.55. The van der Waals surface area contributed by atoms with Gasteiger partial charge in [0.25, 0.3) is 0 Å². The summed E-state index contributed by atoms with van der Waals surface area (Å²) in [7, 11) is 0. The van der Waals surface area contributed by atoms with Crippen LogP contribution in [0.15, 0.2) is 205 Å². The molecule has 0 spiro atoms. The molecule has 0 unspecified atom stereocenters. The molecule has 0 amide bonds. The Kier molecular flexibility index (Phi) is 7.39. The molecule has 0 N–H and O–H groups in total. The van der Waals surface area contributed by atoms with Crippen LogP contribution in [-0.2, 0) is 0 Å². The Morgan fingerprint density at radius 1 is 0.364 bits per heavy atom. The number of thiophene rings is 1. The van der Waals surface area contributed by atoms with Crippen molar-refractivity contribution in [1.29, 1.82) is 0 Å². The van der Waals surface area contributed by atoms with Gasteiger partial charge in [0.15, 0.2) is 0 Å². The number of para-hydroxylation sites is 2. The molecule has 0 saturated heterocycles. The van der Waals surface area contributed by atoms with Crippen LogP contribution in [0.4, 0.5) is 17.1 Å². The predicted molar refractivity (Wildman–Crippen MR) is 235 cm³/mol. The van der Waals surface area contributed by atoms with Gasteiger partial charge >= 0.3 is 0 Å². The molecule has 0 saturated carbocycles. The van der Waals surface area contributed by atoms with Crippen LogP contribution < -0.4 is 4.90 Å². The van der Waals surface area contributed by atoms with Gasteiger partial charge in [-0.1, -0.05) is 146 Å². The van der Waals surface area contributed by atoms with Crippen molar-refractivity contribution in [3.05, 3.63) is 200 Å². The SMILES string of the molecule is c1cc(-c2cccc3ccccc23)cc(N(c2cccc(-c3cccc4c3sc3ccccc34)c2)c2ccccc2-c2ccc3c(c2)oc2ccccc23)c1. The molecule has 0 radical (unpaired) electrons. The lowest BCUT2D eigenvalue weighted by Crippen LogP contribution is -2.11. The lowest BCUT2D eigenvalue weighted by atomic mass is 9.96. The topological polar surface area (TPSA) is 16.4 Å². The monoisotopic (exact) mass is 719 g/mol. The Balaban J connectivity index is 1.12. The summed E-state index contributed by atoms with van der Waals surface area (Å²) in [5.41, 5.74) is 12.1. The molecule has 0 aliphatic rings. The van der Waals surface area contributed by atoms with Crippen LogP contribution >= 0.6 is 11.3 Å². The third-order valence-corrected chi connectivity index (χ3v) is 12.1. The zero-order valence-corrected chi connectivity index (χ0v) is 30.6. The third kappa shape index (κ3) is 5.32. The minimum absolute atomic E-state index is 0.886. The zero-order valence-electron chi connectivity index (χ0n) is 29.8. The highest BCUT2D eigenvalue weighted by atomic mass is 32.1. The fraction of sp³-hybridized carbons (Fsp3) is 0. The lowest BCUT2D eigenvalue weighted by molar-refractivity contribution is 0.669. The fourth-order valence-electron chi connectivity index (χ4n) is 8.31. The van der Waals surface area contributed by atoms with Crippen molar-refractivity contribution in [2.24, 2.45) is 0 Å². The van der Waals surface area contributed by atoms with Crippen molar-refractivity contribution in [2.45, 2.75) is 0 Å². The summed E-state index contributed by atoms with van der Waals surface area (Å²) < 4.78 is 9.01. The van der Waals surface area contributed by atoms with Gasteiger partial charge in [-0.2, -0.15) is 0 Å². The Bertz CT molecular complexity index is 3240. The van der Waals surface area contributed by atoms with E-state index in [-0.39, 0.29) is 0 Å². The number of nitrogens with zero attached hydrogens (tertiary/aromatic N) is 1. The van der Waals surface area contributed by atoms with Gasteiger partial charge in [0.1, 0.15) is 11.2 Å². The maximum atomic E-state index is 6.39. The van der Waals surface area contributed by atoms with E-state index in [9.17, 15) is 0 Å². The Hall–Kier alpha value is -6.94. The van der Waals surface area contributed by atoms with Crippen LogP contribution in [0.5, 0.6) is 0 Å². The number of furan rings is 1. The van der Waals surface area contributed by atoms with Crippen LogP contribution in [0, 0.1) is 0 Å². The van der Waals surface area contributed by atoms with E-state index in [0.717, 1.165) is 50.1 Å². The molecule has 2 heterocycles. The van der Waals surface area contributed by atoms with Gasteiger partial charge in [-0.3, -0.25) is 0 Å². The van der Waals surface area contributed by atoms with E-state index in [4.69, 9.17) is 4.42 Å². The second-order valence-electron chi connectivity index (χ2n) is 14.1. The van der Waals surface area contributed by atoms with Crippen LogP contribution in [0.3, 0.4) is 0 Å². The number of benzene rings is 9. The smallest absolute Gasteiger partial charge is 0.136 e. The largest absolute Gasteiger partial charge is 0.456 e. The molecule has 258 valence electrons. The molecule has 55 heavy (non-hydrogen) atoms. The van der Waals surface area contributed by atoms with E-state index in [1.165, 1.54) is 53.2 Å². The van der Waals surface area contributed by atoms with E-state index in [0.29, 0.717) is 0 Å². The van der Waals surface area contributed by atoms with Gasteiger partial charge in [0.2, 0.25) is 0 Å². The van der Waals surface area contributed by atoms with Gasteiger partial charge in [0.05, 0.1) is 5.69 Å². The van der Waals surface area contributed by atoms with Gasteiger partial charge < -0.3 is 9.32 Å². The van der Waals surface area contributed by atoms with Crippen molar-refractivity contribution in [2.75, 3.05) is 4.90 Å². The molecule has 2 aromatic heterocycles. The van der Waals surface area contributed by atoms with E-state index in [1.807, 2.05) is 23.5 Å². The molecule has 0 bridgehead atoms. The first-order valence-corrected chi connectivity index (χ1v) is 19.5. The van der Waals surface area contributed by atoms with Gasteiger partial charge in [-0.15, -0.1) is 11.3 Å². The standard InChI is InChI=1S/C52H33NOS/c1-2-19-40-34(13-1)14-11-23-41(40)35-15-9-17-38(31-35)53(39-18-10-16-36(32-39)43-24-12-25-47-46-22-5-8-28-51(46)55-52(43)47)48-26-6-3-20-42(48)37-29-30-45-44-21-4-7-27-49(44)54-50(45)33-37/h1-33H. The van der Waals surface area contributed by atoms with Crippen molar-refractivity contribution in [3.8, 4) is 33.4 Å². The van der Waals surface area contributed by atoms with Gasteiger partial charge in [-0.25, -0.2) is 0 Å². The summed E-state index contributed by atoms with van der Waals surface area (Å²) in [4.78, 5) is 2.42. The molecular formula is C52H33NOS. The van der Waals surface area contributed by atoms with Crippen LogP contribution in [0.1, 0.15) is 0 Å². The number of rotatable bonds is 6. The van der Waals surface area contributed by atoms with Crippen molar-refractivity contribution >= 4 is 81.3 Å². The molecular weight excluding hydrogens is 687 g/mol. The van der Waals surface area contributed by atoms with Crippen molar-refractivity contribution in [1.82, 2.24) is 0 Å². The van der Waals surface area contributed by atoms with Gasteiger partial charge in [-0.05, 0) is 93.2 Å². The molecule has 0 aliphatic carbocycles.